The average Bonchev–Trinajstić information content (AvgIpc) is 3.30. The molecule has 3 rings (SSSR count). The fraction of sp³-hybridized carbons (Fsp3) is 0.667. The van der Waals surface area contributed by atoms with Crippen LogP contribution in [0.5, 0.6) is 0 Å². The molecule has 1 amide bonds. The van der Waals surface area contributed by atoms with Crippen LogP contribution < -0.4 is 5.32 Å². The van der Waals surface area contributed by atoms with Gasteiger partial charge in [0.2, 0.25) is 5.91 Å². The van der Waals surface area contributed by atoms with E-state index in [2.05, 4.69) is 19.2 Å². The van der Waals surface area contributed by atoms with E-state index in [0.29, 0.717) is 13.0 Å². The minimum absolute atomic E-state index is 0.0853. The van der Waals surface area contributed by atoms with Crippen LogP contribution >= 0.6 is 0 Å². The van der Waals surface area contributed by atoms with Gasteiger partial charge in [0.05, 0.1) is 24.2 Å². The summed E-state index contributed by atoms with van der Waals surface area (Å²) in [7, 11) is -3.00. The molecule has 0 saturated carbocycles. The van der Waals surface area contributed by atoms with E-state index in [4.69, 9.17) is 4.74 Å². The number of ether oxygens (including phenoxy) is 1. The van der Waals surface area contributed by atoms with Crippen LogP contribution in [0.4, 0.5) is 5.69 Å². The first kappa shape index (κ1) is 21.3. The molecule has 1 N–H and O–H groups in total. The summed E-state index contributed by atoms with van der Waals surface area (Å²) in [4.78, 5) is 14.9. The van der Waals surface area contributed by atoms with Crippen molar-refractivity contribution < 1.29 is 17.9 Å². The molecule has 2 aliphatic rings. The number of para-hydroxylation sites is 1. The number of hydrogen-bond donors (Lipinski definition) is 1. The molecule has 0 bridgehead atoms. The summed E-state index contributed by atoms with van der Waals surface area (Å²) < 4.78 is 29.7. The Kier molecular flexibility index (Phi) is 7.12. The van der Waals surface area contributed by atoms with Crippen LogP contribution in [0.1, 0.15) is 44.2 Å². The Balaban J connectivity index is 1.72. The fourth-order valence-corrected chi connectivity index (χ4v) is 5.98. The van der Waals surface area contributed by atoms with Crippen LogP contribution in [-0.4, -0.2) is 62.6 Å². The molecular weight excluding hydrogens is 376 g/mol. The lowest BCUT2D eigenvalue weighted by atomic mass is 10.0. The second-order valence-electron chi connectivity index (χ2n) is 7.83. The summed E-state index contributed by atoms with van der Waals surface area (Å²) in [5.74, 6) is 0.261. The Morgan fingerprint density at radius 1 is 1.21 bits per heavy atom. The van der Waals surface area contributed by atoms with E-state index in [1.54, 1.807) is 0 Å². The topological polar surface area (TPSA) is 75.7 Å². The minimum atomic E-state index is -3.00. The van der Waals surface area contributed by atoms with E-state index >= 15 is 0 Å². The van der Waals surface area contributed by atoms with Gasteiger partial charge < -0.3 is 10.1 Å². The summed E-state index contributed by atoms with van der Waals surface area (Å²) in [5, 5.41) is 3.11. The molecule has 1 aromatic rings. The van der Waals surface area contributed by atoms with Gasteiger partial charge in [-0.05, 0) is 43.2 Å². The number of carbonyl (C=O) groups excluding carboxylic acids is 1. The molecule has 0 spiro atoms. The van der Waals surface area contributed by atoms with Crippen molar-refractivity contribution in [1.29, 1.82) is 0 Å². The number of sulfone groups is 1. The fourth-order valence-electron chi connectivity index (χ4n) is 4.22. The first-order valence-electron chi connectivity index (χ1n) is 10.4. The molecule has 6 nitrogen and oxygen atoms in total. The standard InChI is InChI=1S/C21H32N2O4S/c1-3-16-7-5-8-17(4-2)21(16)22-20(24)14-23(13-19-9-6-11-27-19)18-10-12-28(25,26)15-18/h5,7-8,18-19H,3-4,6,9-15H2,1-2H3,(H,22,24). The van der Waals surface area contributed by atoms with E-state index in [1.165, 1.54) is 0 Å². The highest BCUT2D eigenvalue weighted by atomic mass is 32.2. The lowest BCUT2D eigenvalue weighted by molar-refractivity contribution is -0.118. The van der Waals surface area contributed by atoms with Crippen molar-refractivity contribution in [2.45, 2.75) is 58.1 Å². The Morgan fingerprint density at radius 3 is 2.46 bits per heavy atom. The van der Waals surface area contributed by atoms with Gasteiger partial charge in [0.25, 0.3) is 0 Å². The van der Waals surface area contributed by atoms with Crippen molar-refractivity contribution in [3.05, 3.63) is 29.3 Å². The summed E-state index contributed by atoms with van der Waals surface area (Å²) in [5.41, 5.74) is 3.16. The van der Waals surface area contributed by atoms with Crippen LogP contribution in [0.25, 0.3) is 0 Å². The molecule has 2 unspecified atom stereocenters. The average molecular weight is 409 g/mol. The molecule has 1 aromatic carbocycles. The SMILES string of the molecule is CCc1cccc(CC)c1NC(=O)CN(CC1CCCO1)C1CCS(=O)(=O)C1. The van der Waals surface area contributed by atoms with E-state index in [9.17, 15) is 13.2 Å². The second kappa shape index (κ2) is 9.37. The molecule has 2 heterocycles. The van der Waals surface area contributed by atoms with Crippen molar-refractivity contribution in [2.75, 3.05) is 36.5 Å². The van der Waals surface area contributed by atoms with E-state index < -0.39 is 9.84 Å². The summed E-state index contributed by atoms with van der Waals surface area (Å²) in [6.45, 7) is 5.72. The van der Waals surface area contributed by atoms with Crippen molar-refractivity contribution in [3.63, 3.8) is 0 Å². The van der Waals surface area contributed by atoms with E-state index in [-0.39, 0.29) is 36.1 Å². The first-order chi connectivity index (χ1) is 13.4. The number of aryl methyl sites for hydroxylation is 2. The lowest BCUT2D eigenvalue weighted by Gasteiger charge is -2.30. The van der Waals surface area contributed by atoms with E-state index in [0.717, 1.165) is 49.1 Å². The predicted molar refractivity (Wildman–Crippen MR) is 111 cm³/mol. The van der Waals surface area contributed by atoms with Crippen molar-refractivity contribution in [1.82, 2.24) is 4.90 Å². The summed E-state index contributed by atoms with van der Waals surface area (Å²) in [6.07, 6.45) is 4.38. The number of amides is 1. The van der Waals surface area contributed by atoms with Crippen LogP contribution in [0.2, 0.25) is 0 Å². The molecule has 0 aromatic heterocycles. The highest BCUT2D eigenvalue weighted by molar-refractivity contribution is 7.91. The number of rotatable bonds is 8. The van der Waals surface area contributed by atoms with Gasteiger partial charge in [0.15, 0.2) is 9.84 Å². The Bertz CT molecular complexity index is 765. The third-order valence-electron chi connectivity index (χ3n) is 5.80. The molecule has 0 aliphatic carbocycles. The molecule has 7 heteroatoms. The molecule has 2 atom stereocenters. The highest BCUT2D eigenvalue weighted by Gasteiger charge is 2.34. The Morgan fingerprint density at radius 2 is 1.93 bits per heavy atom. The molecule has 2 fully saturated rings. The number of hydrogen-bond acceptors (Lipinski definition) is 5. The smallest absolute Gasteiger partial charge is 0.238 e. The third kappa shape index (κ3) is 5.33. The normalized spacial score (nSPS) is 24.0. The minimum Gasteiger partial charge on any atom is -0.377 e. The molecule has 0 radical (unpaired) electrons. The summed E-state index contributed by atoms with van der Waals surface area (Å²) in [6, 6.07) is 6.01. The van der Waals surface area contributed by atoms with Crippen LogP contribution in [0, 0.1) is 0 Å². The number of nitrogens with zero attached hydrogens (tertiary/aromatic N) is 1. The van der Waals surface area contributed by atoms with Crippen molar-refractivity contribution >= 4 is 21.4 Å². The Labute approximate surface area is 168 Å². The Hall–Kier alpha value is -1.44. The van der Waals surface area contributed by atoms with Crippen LogP contribution in [0.3, 0.4) is 0 Å². The first-order valence-corrected chi connectivity index (χ1v) is 12.2. The number of carbonyl (C=O) groups is 1. The zero-order chi connectivity index (χ0) is 20.1. The predicted octanol–water partition coefficient (Wildman–Crippen LogP) is 2.42. The van der Waals surface area contributed by atoms with Gasteiger partial charge in [-0.25, -0.2) is 8.42 Å². The van der Waals surface area contributed by atoms with Gasteiger partial charge in [0, 0.05) is 24.9 Å². The highest BCUT2D eigenvalue weighted by Crippen LogP contribution is 2.24. The van der Waals surface area contributed by atoms with Gasteiger partial charge >= 0.3 is 0 Å². The monoisotopic (exact) mass is 408 g/mol. The quantitative estimate of drug-likeness (QED) is 0.715. The van der Waals surface area contributed by atoms with Gasteiger partial charge in [-0.2, -0.15) is 0 Å². The molecule has 2 aliphatic heterocycles. The maximum atomic E-state index is 12.9. The maximum absolute atomic E-state index is 12.9. The molecule has 2 saturated heterocycles. The number of anilines is 1. The van der Waals surface area contributed by atoms with Gasteiger partial charge in [0.1, 0.15) is 0 Å². The largest absolute Gasteiger partial charge is 0.377 e. The number of benzene rings is 1. The van der Waals surface area contributed by atoms with Crippen molar-refractivity contribution in [2.24, 2.45) is 0 Å². The van der Waals surface area contributed by atoms with Crippen molar-refractivity contribution in [3.8, 4) is 0 Å². The van der Waals surface area contributed by atoms with Crippen LogP contribution in [-0.2, 0) is 32.2 Å². The van der Waals surface area contributed by atoms with Gasteiger partial charge in [-0.15, -0.1) is 0 Å². The van der Waals surface area contributed by atoms with Crippen LogP contribution in [0.15, 0.2) is 18.2 Å². The molecular formula is C21H32N2O4S. The zero-order valence-corrected chi connectivity index (χ0v) is 17.8. The van der Waals surface area contributed by atoms with E-state index in [1.807, 2.05) is 23.1 Å². The second-order valence-corrected chi connectivity index (χ2v) is 10.1. The molecule has 28 heavy (non-hydrogen) atoms. The summed E-state index contributed by atoms with van der Waals surface area (Å²) >= 11 is 0. The molecule has 156 valence electrons. The zero-order valence-electron chi connectivity index (χ0n) is 16.9. The van der Waals surface area contributed by atoms with Gasteiger partial charge in [-0.1, -0.05) is 32.0 Å². The number of nitrogens with one attached hydrogen (secondary N) is 1. The lowest BCUT2D eigenvalue weighted by Crippen LogP contribution is -2.45. The third-order valence-corrected chi connectivity index (χ3v) is 7.55. The van der Waals surface area contributed by atoms with Gasteiger partial charge in [-0.3, -0.25) is 9.69 Å². The maximum Gasteiger partial charge on any atom is 0.238 e.